The van der Waals surface area contributed by atoms with E-state index in [2.05, 4.69) is 17.3 Å². The summed E-state index contributed by atoms with van der Waals surface area (Å²) in [6.07, 6.45) is 5.26. The van der Waals surface area contributed by atoms with E-state index in [1.165, 1.54) is 0 Å². The van der Waals surface area contributed by atoms with Crippen LogP contribution in [0, 0.1) is 0 Å². The standard InChI is InChI=1S/C12H13N3O.ClH/c1-2-10-8-11(5-6-13-10)14-15-7-3-4-12(15)9-16;/h3-9H,2H2,1H3,(H,13,14);1H. The van der Waals surface area contributed by atoms with Gasteiger partial charge >= 0.3 is 0 Å². The van der Waals surface area contributed by atoms with E-state index in [0.717, 1.165) is 24.1 Å². The Hall–Kier alpha value is -1.81. The molecule has 4 nitrogen and oxygen atoms in total. The number of nitrogens with one attached hydrogen (secondary N) is 1. The molecule has 0 radical (unpaired) electrons. The molecule has 17 heavy (non-hydrogen) atoms. The predicted octanol–water partition coefficient (Wildman–Crippen LogP) is 2.56. The summed E-state index contributed by atoms with van der Waals surface area (Å²) in [6.45, 7) is 2.05. The summed E-state index contributed by atoms with van der Waals surface area (Å²) in [7, 11) is 0. The van der Waals surface area contributed by atoms with Gasteiger partial charge in [0, 0.05) is 18.1 Å². The number of carbonyl (C=O) groups excluding carboxylic acids is 1. The van der Waals surface area contributed by atoms with Crippen molar-refractivity contribution >= 4 is 24.4 Å². The van der Waals surface area contributed by atoms with Gasteiger partial charge in [-0.05, 0) is 30.7 Å². The minimum Gasteiger partial charge on any atom is -0.296 e. The van der Waals surface area contributed by atoms with Gasteiger partial charge in [0.2, 0.25) is 0 Å². The Morgan fingerprint density at radius 2 is 2.29 bits per heavy atom. The molecule has 0 saturated carbocycles. The number of anilines is 1. The Morgan fingerprint density at radius 3 is 3.00 bits per heavy atom. The molecular formula is C12H14ClN3O. The fourth-order valence-corrected chi connectivity index (χ4v) is 1.47. The lowest BCUT2D eigenvalue weighted by molar-refractivity contribution is 0.111. The fourth-order valence-electron chi connectivity index (χ4n) is 1.47. The average Bonchev–Trinajstić information content (AvgIpc) is 2.76. The molecule has 0 amide bonds. The van der Waals surface area contributed by atoms with Crippen molar-refractivity contribution < 1.29 is 4.79 Å². The van der Waals surface area contributed by atoms with Crippen LogP contribution in [-0.2, 0) is 6.42 Å². The van der Waals surface area contributed by atoms with Crippen molar-refractivity contribution in [1.29, 1.82) is 0 Å². The summed E-state index contributed by atoms with van der Waals surface area (Å²) in [6, 6.07) is 7.41. The van der Waals surface area contributed by atoms with Crippen molar-refractivity contribution in [1.82, 2.24) is 9.66 Å². The highest BCUT2D eigenvalue weighted by Crippen LogP contribution is 2.10. The monoisotopic (exact) mass is 251 g/mol. The first-order valence-electron chi connectivity index (χ1n) is 5.18. The summed E-state index contributed by atoms with van der Waals surface area (Å²) in [5.74, 6) is 0. The zero-order chi connectivity index (χ0) is 11.4. The second kappa shape index (κ2) is 6.06. The number of nitrogens with zero attached hydrogens (tertiary/aromatic N) is 2. The van der Waals surface area contributed by atoms with E-state index in [1.54, 1.807) is 23.1 Å². The molecule has 5 heteroatoms. The van der Waals surface area contributed by atoms with E-state index >= 15 is 0 Å². The van der Waals surface area contributed by atoms with E-state index in [4.69, 9.17) is 0 Å². The van der Waals surface area contributed by atoms with E-state index in [9.17, 15) is 4.79 Å². The lowest BCUT2D eigenvalue weighted by atomic mass is 10.3. The van der Waals surface area contributed by atoms with Crippen molar-refractivity contribution in [3.63, 3.8) is 0 Å². The van der Waals surface area contributed by atoms with Crippen LogP contribution >= 0.6 is 12.4 Å². The van der Waals surface area contributed by atoms with Crippen LogP contribution in [-0.4, -0.2) is 15.9 Å². The van der Waals surface area contributed by atoms with Crippen molar-refractivity contribution in [2.75, 3.05) is 5.43 Å². The second-order valence-corrected chi connectivity index (χ2v) is 3.42. The molecular weight excluding hydrogens is 238 g/mol. The second-order valence-electron chi connectivity index (χ2n) is 3.42. The van der Waals surface area contributed by atoms with Crippen molar-refractivity contribution in [2.45, 2.75) is 13.3 Å². The number of aldehydes is 1. The SMILES string of the molecule is CCc1cc(Nn2cccc2C=O)ccn1.Cl. The number of carbonyl (C=O) groups is 1. The summed E-state index contributed by atoms with van der Waals surface area (Å²) < 4.78 is 1.68. The van der Waals surface area contributed by atoms with Crippen LogP contribution in [0.5, 0.6) is 0 Å². The number of hydrogen-bond acceptors (Lipinski definition) is 3. The number of pyridine rings is 1. The number of aromatic nitrogens is 2. The molecule has 1 N–H and O–H groups in total. The van der Waals surface area contributed by atoms with Gasteiger partial charge < -0.3 is 0 Å². The molecule has 2 aromatic heterocycles. The van der Waals surface area contributed by atoms with Crippen LogP contribution in [0.4, 0.5) is 5.69 Å². The Balaban J connectivity index is 0.00000144. The van der Waals surface area contributed by atoms with Gasteiger partial charge in [-0.2, -0.15) is 0 Å². The molecule has 0 aliphatic carbocycles. The zero-order valence-electron chi connectivity index (χ0n) is 9.46. The maximum Gasteiger partial charge on any atom is 0.168 e. The molecule has 2 aromatic rings. The van der Waals surface area contributed by atoms with E-state index in [1.807, 2.05) is 18.2 Å². The van der Waals surface area contributed by atoms with E-state index in [0.29, 0.717) is 5.69 Å². The van der Waals surface area contributed by atoms with E-state index in [-0.39, 0.29) is 12.4 Å². The third-order valence-corrected chi connectivity index (χ3v) is 2.33. The molecule has 0 aliphatic rings. The van der Waals surface area contributed by atoms with E-state index < -0.39 is 0 Å². The van der Waals surface area contributed by atoms with Crippen molar-refractivity contribution in [3.8, 4) is 0 Å². The van der Waals surface area contributed by atoms with Crippen LogP contribution in [0.1, 0.15) is 23.1 Å². The number of halogens is 1. The minimum atomic E-state index is 0. The van der Waals surface area contributed by atoms with Crippen molar-refractivity contribution in [3.05, 3.63) is 48.0 Å². The highest BCUT2D eigenvalue weighted by molar-refractivity contribution is 5.85. The van der Waals surface area contributed by atoms with Gasteiger partial charge in [0.1, 0.15) is 5.69 Å². The third-order valence-electron chi connectivity index (χ3n) is 2.33. The molecule has 0 aliphatic heterocycles. The van der Waals surface area contributed by atoms with Gasteiger partial charge in [-0.15, -0.1) is 12.4 Å². The Labute approximate surface area is 106 Å². The molecule has 2 heterocycles. The molecule has 0 bridgehead atoms. The normalized spacial score (nSPS) is 9.47. The summed E-state index contributed by atoms with van der Waals surface area (Å²) >= 11 is 0. The first-order chi connectivity index (χ1) is 7.83. The zero-order valence-corrected chi connectivity index (χ0v) is 10.3. The minimum absolute atomic E-state index is 0. The van der Waals surface area contributed by atoms with Crippen LogP contribution in [0.3, 0.4) is 0 Å². The molecule has 0 spiro atoms. The molecule has 0 atom stereocenters. The summed E-state index contributed by atoms with van der Waals surface area (Å²) in [4.78, 5) is 14.9. The Morgan fingerprint density at radius 1 is 1.47 bits per heavy atom. The van der Waals surface area contributed by atoms with Crippen LogP contribution in [0.15, 0.2) is 36.7 Å². The number of hydrogen-bond donors (Lipinski definition) is 1. The first kappa shape index (κ1) is 13.3. The quantitative estimate of drug-likeness (QED) is 0.850. The fraction of sp³-hybridized carbons (Fsp3) is 0.167. The molecule has 90 valence electrons. The molecule has 2 rings (SSSR count). The highest BCUT2D eigenvalue weighted by atomic mass is 35.5. The largest absolute Gasteiger partial charge is 0.296 e. The molecule has 0 aromatic carbocycles. The van der Waals surface area contributed by atoms with Gasteiger partial charge in [-0.3, -0.25) is 19.9 Å². The first-order valence-corrected chi connectivity index (χ1v) is 5.18. The maximum atomic E-state index is 10.7. The lowest BCUT2D eigenvalue weighted by Crippen LogP contribution is -2.11. The summed E-state index contributed by atoms with van der Waals surface area (Å²) in [5, 5.41) is 0. The predicted molar refractivity (Wildman–Crippen MR) is 69.7 cm³/mol. The lowest BCUT2D eigenvalue weighted by Gasteiger charge is -2.09. The molecule has 0 fully saturated rings. The number of aryl methyl sites for hydroxylation is 1. The van der Waals surface area contributed by atoms with Crippen LogP contribution in [0.25, 0.3) is 0 Å². The topological polar surface area (TPSA) is 46.9 Å². The van der Waals surface area contributed by atoms with Crippen LogP contribution < -0.4 is 5.43 Å². The van der Waals surface area contributed by atoms with Crippen LogP contribution in [0.2, 0.25) is 0 Å². The number of rotatable bonds is 4. The summed E-state index contributed by atoms with van der Waals surface area (Å²) in [5.41, 5.74) is 5.66. The van der Waals surface area contributed by atoms with Gasteiger partial charge in [0.05, 0.1) is 5.69 Å². The van der Waals surface area contributed by atoms with Crippen molar-refractivity contribution in [2.24, 2.45) is 0 Å². The van der Waals surface area contributed by atoms with Gasteiger partial charge in [-0.25, -0.2) is 0 Å². The van der Waals surface area contributed by atoms with Gasteiger partial charge in [0.25, 0.3) is 0 Å². The average molecular weight is 252 g/mol. The Kier molecular flexibility index (Phi) is 4.72. The maximum absolute atomic E-state index is 10.7. The molecule has 0 saturated heterocycles. The third kappa shape index (κ3) is 3.07. The Bertz CT molecular complexity index is 496. The van der Waals surface area contributed by atoms with Gasteiger partial charge in [-0.1, -0.05) is 6.92 Å². The highest BCUT2D eigenvalue weighted by Gasteiger charge is 2.00. The van der Waals surface area contributed by atoms with Gasteiger partial charge in [0.15, 0.2) is 6.29 Å². The molecule has 0 unspecified atom stereocenters. The smallest absolute Gasteiger partial charge is 0.168 e.